The maximum absolute atomic E-state index is 13.3. The second kappa shape index (κ2) is 13.5. The summed E-state index contributed by atoms with van der Waals surface area (Å²) in [7, 11) is 1.30. The van der Waals surface area contributed by atoms with Gasteiger partial charge in [-0.05, 0) is 71.8 Å². The fraction of sp³-hybridized carbons (Fsp3) is 0.129. The smallest absolute Gasteiger partial charge is 0.411 e. The molecule has 1 atom stereocenters. The standard InChI is InChI=1S/C31H27ClN8O3/c1-20-26(18-27(37-36-20)22-8-12-25(13-9-22)34-31(42)43-2)28(16-21-6-4-3-5-7-21)35-30(41)15-10-23-17-24(32)11-14-29(23)40-19-33-38-39-40/h3-15,17-19,28H,16H2,1-2H3,(H,34,42)(H,35,41)/b15-10+. The summed E-state index contributed by atoms with van der Waals surface area (Å²) < 4.78 is 6.15. The zero-order chi connectivity index (χ0) is 30.2. The van der Waals surface area contributed by atoms with Crippen LogP contribution in [0.15, 0.2) is 91.3 Å². The van der Waals surface area contributed by atoms with Gasteiger partial charge in [-0.15, -0.1) is 5.10 Å². The van der Waals surface area contributed by atoms with Crippen LogP contribution in [0.3, 0.4) is 0 Å². The molecule has 216 valence electrons. The van der Waals surface area contributed by atoms with Crippen LogP contribution in [0.25, 0.3) is 23.0 Å². The van der Waals surface area contributed by atoms with Crippen molar-refractivity contribution in [1.29, 1.82) is 0 Å². The number of nitrogens with zero attached hydrogens (tertiary/aromatic N) is 6. The normalized spacial score (nSPS) is 11.7. The summed E-state index contributed by atoms with van der Waals surface area (Å²) >= 11 is 6.24. The molecule has 0 radical (unpaired) electrons. The molecule has 43 heavy (non-hydrogen) atoms. The molecule has 5 rings (SSSR count). The van der Waals surface area contributed by atoms with Crippen molar-refractivity contribution >= 4 is 35.4 Å². The summed E-state index contributed by atoms with van der Waals surface area (Å²) in [6, 6.07) is 23.8. The monoisotopic (exact) mass is 594 g/mol. The zero-order valence-corrected chi connectivity index (χ0v) is 24.1. The molecule has 0 saturated carbocycles. The first-order valence-corrected chi connectivity index (χ1v) is 13.6. The van der Waals surface area contributed by atoms with Crippen molar-refractivity contribution in [3.63, 3.8) is 0 Å². The predicted molar refractivity (Wildman–Crippen MR) is 162 cm³/mol. The average Bonchev–Trinajstić information content (AvgIpc) is 3.56. The molecule has 0 spiro atoms. The van der Waals surface area contributed by atoms with Gasteiger partial charge in [0.15, 0.2) is 0 Å². The minimum absolute atomic E-state index is 0.306. The quantitative estimate of drug-likeness (QED) is 0.217. The highest BCUT2D eigenvalue weighted by Gasteiger charge is 2.19. The molecular formula is C31H27ClN8O3. The summed E-state index contributed by atoms with van der Waals surface area (Å²) in [6.07, 6.45) is 4.57. The zero-order valence-electron chi connectivity index (χ0n) is 23.3. The van der Waals surface area contributed by atoms with Crippen LogP contribution < -0.4 is 10.6 Å². The van der Waals surface area contributed by atoms with Crippen LogP contribution in [0.5, 0.6) is 0 Å². The van der Waals surface area contributed by atoms with E-state index in [0.717, 1.165) is 16.7 Å². The lowest BCUT2D eigenvalue weighted by Gasteiger charge is -2.21. The number of halogens is 1. The van der Waals surface area contributed by atoms with Crippen LogP contribution in [0.1, 0.15) is 28.4 Å². The Kier molecular flexibility index (Phi) is 9.13. The van der Waals surface area contributed by atoms with Crippen LogP contribution in [-0.4, -0.2) is 49.5 Å². The Labute approximate surface area is 252 Å². The number of hydrogen-bond acceptors (Lipinski definition) is 8. The summed E-state index contributed by atoms with van der Waals surface area (Å²) in [6.45, 7) is 1.86. The van der Waals surface area contributed by atoms with Crippen LogP contribution >= 0.6 is 11.6 Å². The van der Waals surface area contributed by atoms with Crippen molar-refractivity contribution < 1.29 is 14.3 Å². The van der Waals surface area contributed by atoms with Gasteiger partial charge in [0.25, 0.3) is 0 Å². The van der Waals surface area contributed by atoms with Gasteiger partial charge in [0.05, 0.1) is 30.2 Å². The molecule has 11 nitrogen and oxygen atoms in total. The fourth-order valence-corrected chi connectivity index (χ4v) is 4.65. The number of aromatic nitrogens is 6. The second-order valence-corrected chi connectivity index (χ2v) is 9.94. The van der Waals surface area contributed by atoms with Crippen molar-refractivity contribution in [1.82, 2.24) is 35.7 Å². The first-order valence-electron chi connectivity index (χ1n) is 13.2. The Morgan fingerprint density at radius 3 is 2.53 bits per heavy atom. The van der Waals surface area contributed by atoms with Gasteiger partial charge in [0.2, 0.25) is 5.91 Å². The first-order chi connectivity index (χ1) is 20.9. The van der Waals surface area contributed by atoms with Gasteiger partial charge in [-0.3, -0.25) is 10.1 Å². The van der Waals surface area contributed by atoms with E-state index < -0.39 is 12.1 Å². The third kappa shape index (κ3) is 7.46. The number of ether oxygens (including phenoxy) is 1. The fourth-order valence-electron chi connectivity index (χ4n) is 4.47. The number of aryl methyl sites for hydroxylation is 1. The summed E-state index contributed by atoms with van der Waals surface area (Å²) in [4.78, 5) is 24.9. The average molecular weight is 595 g/mol. The maximum Gasteiger partial charge on any atom is 0.411 e. The number of rotatable bonds is 9. The highest BCUT2D eigenvalue weighted by molar-refractivity contribution is 6.30. The number of tetrazole rings is 1. The van der Waals surface area contributed by atoms with Crippen molar-refractivity contribution in [2.75, 3.05) is 12.4 Å². The van der Waals surface area contributed by atoms with Gasteiger partial charge >= 0.3 is 6.09 Å². The predicted octanol–water partition coefficient (Wildman–Crippen LogP) is 5.37. The van der Waals surface area contributed by atoms with E-state index in [4.69, 9.17) is 11.6 Å². The molecule has 2 heterocycles. The number of amides is 2. The molecular weight excluding hydrogens is 568 g/mol. The van der Waals surface area contributed by atoms with E-state index in [1.54, 1.807) is 36.4 Å². The molecule has 2 amide bonds. The lowest BCUT2D eigenvalue weighted by atomic mass is 9.96. The topological polar surface area (TPSA) is 137 Å². The van der Waals surface area contributed by atoms with E-state index in [9.17, 15) is 9.59 Å². The van der Waals surface area contributed by atoms with Gasteiger partial charge in [0.1, 0.15) is 6.33 Å². The number of carbonyl (C=O) groups excluding carboxylic acids is 2. The Bertz CT molecular complexity index is 1740. The van der Waals surface area contributed by atoms with E-state index in [1.165, 1.54) is 24.2 Å². The molecule has 2 aromatic heterocycles. The minimum Gasteiger partial charge on any atom is -0.453 e. The number of carbonyl (C=O) groups is 2. The Morgan fingerprint density at radius 2 is 1.81 bits per heavy atom. The highest BCUT2D eigenvalue weighted by Crippen LogP contribution is 2.27. The molecule has 1 unspecified atom stereocenters. The maximum atomic E-state index is 13.3. The molecule has 3 aromatic carbocycles. The Morgan fingerprint density at radius 1 is 1.02 bits per heavy atom. The van der Waals surface area contributed by atoms with E-state index >= 15 is 0 Å². The number of anilines is 1. The third-order valence-electron chi connectivity index (χ3n) is 6.60. The van der Waals surface area contributed by atoms with Crippen LogP contribution in [0, 0.1) is 6.92 Å². The molecule has 2 N–H and O–H groups in total. The largest absolute Gasteiger partial charge is 0.453 e. The molecule has 0 aliphatic carbocycles. The van der Waals surface area contributed by atoms with Gasteiger partial charge in [-0.25, -0.2) is 4.79 Å². The number of methoxy groups -OCH3 is 1. The molecule has 0 fully saturated rings. The minimum atomic E-state index is -0.555. The van der Waals surface area contributed by atoms with Crippen LogP contribution in [-0.2, 0) is 16.0 Å². The van der Waals surface area contributed by atoms with Crippen LogP contribution in [0.4, 0.5) is 10.5 Å². The van der Waals surface area contributed by atoms with E-state index in [-0.39, 0.29) is 5.91 Å². The molecule has 0 bridgehead atoms. The third-order valence-corrected chi connectivity index (χ3v) is 6.84. The Balaban J connectivity index is 1.42. The van der Waals surface area contributed by atoms with E-state index in [2.05, 4.69) is 41.1 Å². The molecule has 0 saturated heterocycles. The van der Waals surface area contributed by atoms with Gasteiger partial charge in [0, 0.05) is 33.5 Å². The first kappa shape index (κ1) is 29.1. The van der Waals surface area contributed by atoms with Gasteiger partial charge in [-0.2, -0.15) is 14.9 Å². The number of benzene rings is 3. The molecule has 0 aliphatic rings. The van der Waals surface area contributed by atoms with Crippen molar-refractivity contribution in [2.24, 2.45) is 0 Å². The van der Waals surface area contributed by atoms with E-state index in [0.29, 0.717) is 39.8 Å². The summed E-state index contributed by atoms with van der Waals surface area (Å²) in [5.41, 5.74) is 5.90. The molecule has 12 heteroatoms. The molecule has 0 aliphatic heterocycles. The van der Waals surface area contributed by atoms with Crippen molar-refractivity contribution in [3.05, 3.63) is 119 Å². The van der Waals surface area contributed by atoms with Crippen LogP contribution in [0.2, 0.25) is 5.02 Å². The van der Waals surface area contributed by atoms with Crippen molar-refractivity contribution in [3.8, 4) is 16.9 Å². The Hall–Kier alpha value is -5.42. The lowest BCUT2D eigenvalue weighted by molar-refractivity contribution is -0.117. The number of nitrogens with one attached hydrogen (secondary N) is 2. The van der Waals surface area contributed by atoms with Gasteiger partial charge < -0.3 is 10.1 Å². The van der Waals surface area contributed by atoms with Gasteiger partial charge in [-0.1, -0.05) is 54.1 Å². The second-order valence-electron chi connectivity index (χ2n) is 9.51. The van der Waals surface area contributed by atoms with E-state index in [1.807, 2.05) is 55.5 Å². The molecule has 5 aromatic rings. The highest BCUT2D eigenvalue weighted by atomic mass is 35.5. The summed E-state index contributed by atoms with van der Waals surface area (Å²) in [5.74, 6) is -0.306. The number of hydrogen-bond donors (Lipinski definition) is 2. The lowest BCUT2D eigenvalue weighted by Crippen LogP contribution is -2.29. The summed E-state index contributed by atoms with van der Waals surface area (Å²) in [5, 5.41) is 26.4. The SMILES string of the molecule is COC(=O)Nc1ccc(-c2cc(C(Cc3ccccc3)NC(=O)/C=C/c3cc(Cl)ccc3-n3cnnn3)c(C)nn2)cc1. The van der Waals surface area contributed by atoms with Crippen molar-refractivity contribution in [2.45, 2.75) is 19.4 Å².